The molecule has 1 aliphatic carbocycles. The van der Waals surface area contributed by atoms with Gasteiger partial charge in [-0.1, -0.05) is 140 Å². The minimum atomic E-state index is 0.333. The van der Waals surface area contributed by atoms with Crippen LogP contribution in [0.3, 0.4) is 0 Å². The highest BCUT2D eigenvalue weighted by atomic mass is 15.0. The van der Waals surface area contributed by atoms with Crippen LogP contribution in [0.5, 0.6) is 0 Å². The Kier molecular flexibility index (Phi) is 6.78. The van der Waals surface area contributed by atoms with Crippen LogP contribution in [0.25, 0.3) is 77.2 Å². The van der Waals surface area contributed by atoms with Crippen molar-refractivity contribution in [3.05, 3.63) is 205 Å². The third-order valence-corrected chi connectivity index (χ3v) is 11.5. The largest absolute Gasteiger partial charge is 0.309 e. The molecule has 250 valence electrons. The lowest BCUT2D eigenvalue weighted by molar-refractivity contribution is 0.734. The van der Waals surface area contributed by atoms with Crippen LogP contribution in [0, 0.1) is 0 Å². The first kappa shape index (κ1) is 30.0. The molecule has 0 spiro atoms. The first-order valence-corrected chi connectivity index (χ1v) is 18.7. The number of para-hydroxylation sites is 3. The molecule has 1 atom stereocenters. The molecule has 2 heterocycles. The summed E-state index contributed by atoms with van der Waals surface area (Å²) in [4.78, 5) is 0. The zero-order valence-electron chi connectivity index (χ0n) is 29.3. The van der Waals surface area contributed by atoms with Gasteiger partial charge >= 0.3 is 0 Å². The lowest BCUT2D eigenvalue weighted by Gasteiger charge is -2.16. The molecule has 0 saturated carbocycles. The second kappa shape index (κ2) is 12.0. The van der Waals surface area contributed by atoms with Gasteiger partial charge < -0.3 is 9.13 Å². The Bertz CT molecular complexity index is 2960. The third-order valence-electron chi connectivity index (χ3n) is 11.5. The number of fused-ring (bicyclic) bond motifs is 10. The van der Waals surface area contributed by atoms with Gasteiger partial charge in [0, 0.05) is 38.8 Å². The number of benzene rings is 8. The van der Waals surface area contributed by atoms with E-state index in [0.29, 0.717) is 5.92 Å². The van der Waals surface area contributed by atoms with Crippen LogP contribution in [0.15, 0.2) is 188 Å². The van der Waals surface area contributed by atoms with Crippen LogP contribution in [0.4, 0.5) is 0 Å². The van der Waals surface area contributed by atoms with E-state index in [-0.39, 0.29) is 0 Å². The molecule has 2 aromatic heterocycles. The van der Waals surface area contributed by atoms with Gasteiger partial charge in [-0.15, -0.1) is 0 Å². The average Bonchev–Trinajstić information content (AvgIpc) is 3.86. The standard InChI is InChI=1S/C51H36N2/c1-2-14-34(15-3-1)28-29-43-39-20-4-5-21-40(39)44-30-31-49-51(50(43)44)45-24-8-11-27-48(45)53(49)38-19-13-17-36(33-38)35-16-12-18-37(32-35)52-46-25-9-6-22-41(46)42-23-7-10-26-47(42)52/h1-27,30-33,43H,28-29H2. The van der Waals surface area contributed by atoms with Gasteiger partial charge in [-0.3, -0.25) is 0 Å². The Morgan fingerprint density at radius 2 is 0.943 bits per heavy atom. The van der Waals surface area contributed by atoms with Crippen LogP contribution in [-0.2, 0) is 6.42 Å². The van der Waals surface area contributed by atoms with E-state index in [4.69, 9.17) is 0 Å². The maximum Gasteiger partial charge on any atom is 0.0544 e. The van der Waals surface area contributed by atoms with Gasteiger partial charge in [-0.25, -0.2) is 0 Å². The van der Waals surface area contributed by atoms with E-state index in [1.54, 1.807) is 0 Å². The number of hydrogen-bond acceptors (Lipinski definition) is 0. The van der Waals surface area contributed by atoms with Crippen LogP contribution >= 0.6 is 0 Å². The fourth-order valence-corrected chi connectivity index (χ4v) is 9.27. The van der Waals surface area contributed by atoms with Crippen LogP contribution in [0.1, 0.15) is 29.0 Å². The third kappa shape index (κ3) is 4.65. The van der Waals surface area contributed by atoms with Crippen molar-refractivity contribution in [3.63, 3.8) is 0 Å². The summed E-state index contributed by atoms with van der Waals surface area (Å²) in [5, 5.41) is 5.25. The minimum Gasteiger partial charge on any atom is -0.309 e. The van der Waals surface area contributed by atoms with Crippen LogP contribution in [0.2, 0.25) is 0 Å². The van der Waals surface area contributed by atoms with Crippen molar-refractivity contribution in [2.24, 2.45) is 0 Å². The van der Waals surface area contributed by atoms with Crippen molar-refractivity contribution in [2.45, 2.75) is 18.8 Å². The van der Waals surface area contributed by atoms with Gasteiger partial charge in [-0.2, -0.15) is 0 Å². The van der Waals surface area contributed by atoms with E-state index in [0.717, 1.165) is 12.8 Å². The number of aromatic nitrogens is 2. The van der Waals surface area contributed by atoms with Crippen molar-refractivity contribution in [3.8, 4) is 33.6 Å². The number of rotatable bonds is 6. The maximum absolute atomic E-state index is 2.49. The van der Waals surface area contributed by atoms with Crippen molar-refractivity contribution in [1.82, 2.24) is 9.13 Å². The summed E-state index contributed by atoms with van der Waals surface area (Å²) in [5.74, 6) is 0.333. The molecule has 0 N–H and O–H groups in total. The van der Waals surface area contributed by atoms with E-state index in [9.17, 15) is 0 Å². The van der Waals surface area contributed by atoms with E-state index >= 15 is 0 Å². The predicted molar refractivity (Wildman–Crippen MR) is 223 cm³/mol. The molecule has 10 aromatic rings. The molecule has 0 aliphatic heterocycles. The lowest BCUT2D eigenvalue weighted by atomic mass is 9.88. The monoisotopic (exact) mass is 676 g/mol. The number of hydrogen-bond donors (Lipinski definition) is 0. The molecule has 0 saturated heterocycles. The number of nitrogens with zero attached hydrogens (tertiary/aromatic N) is 2. The van der Waals surface area contributed by atoms with Gasteiger partial charge in [0.1, 0.15) is 0 Å². The average molecular weight is 677 g/mol. The minimum absolute atomic E-state index is 0.333. The highest BCUT2D eigenvalue weighted by Gasteiger charge is 2.32. The quantitative estimate of drug-likeness (QED) is 0.166. The van der Waals surface area contributed by atoms with Crippen molar-refractivity contribution < 1.29 is 0 Å². The summed E-state index contributed by atoms with van der Waals surface area (Å²) in [6.45, 7) is 0. The van der Waals surface area contributed by atoms with Crippen LogP contribution in [-0.4, -0.2) is 9.13 Å². The summed E-state index contributed by atoms with van der Waals surface area (Å²) in [5.41, 5.74) is 16.8. The Hall–Kier alpha value is -6.64. The lowest BCUT2D eigenvalue weighted by Crippen LogP contribution is -2.00. The Morgan fingerprint density at radius 1 is 0.396 bits per heavy atom. The second-order valence-corrected chi connectivity index (χ2v) is 14.4. The zero-order valence-corrected chi connectivity index (χ0v) is 29.3. The van der Waals surface area contributed by atoms with Gasteiger partial charge in [0.15, 0.2) is 0 Å². The summed E-state index contributed by atoms with van der Waals surface area (Å²) < 4.78 is 4.89. The van der Waals surface area contributed by atoms with E-state index in [2.05, 4.69) is 197 Å². The first-order valence-electron chi connectivity index (χ1n) is 18.7. The second-order valence-electron chi connectivity index (χ2n) is 14.4. The van der Waals surface area contributed by atoms with Gasteiger partial charge in [0.25, 0.3) is 0 Å². The normalized spacial score (nSPS) is 13.6. The molecule has 0 amide bonds. The van der Waals surface area contributed by atoms with Crippen molar-refractivity contribution >= 4 is 43.6 Å². The molecule has 1 aliphatic rings. The molecule has 0 fully saturated rings. The molecule has 8 aromatic carbocycles. The fourth-order valence-electron chi connectivity index (χ4n) is 9.27. The highest BCUT2D eigenvalue weighted by molar-refractivity contribution is 6.14. The maximum atomic E-state index is 2.49. The molecule has 1 unspecified atom stereocenters. The zero-order chi connectivity index (χ0) is 34.9. The Balaban J connectivity index is 1.07. The fraction of sp³-hybridized carbons (Fsp3) is 0.0588. The Labute approximate surface area is 308 Å². The topological polar surface area (TPSA) is 9.86 Å². The summed E-state index contributed by atoms with van der Waals surface area (Å²) in [6.07, 6.45) is 2.12. The van der Waals surface area contributed by atoms with E-state index < -0.39 is 0 Å². The van der Waals surface area contributed by atoms with Crippen molar-refractivity contribution in [1.29, 1.82) is 0 Å². The van der Waals surface area contributed by atoms with Crippen LogP contribution < -0.4 is 0 Å². The molecule has 0 radical (unpaired) electrons. The SMILES string of the molecule is c1ccc(CCC2c3ccccc3-c3ccc4c(c32)c2ccccc2n4-c2cccc(-c3cccc(-n4c5ccccc5c5ccccc54)c3)c2)cc1. The van der Waals surface area contributed by atoms with Gasteiger partial charge in [0.2, 0.25) is 0 Å². The summed E-state index contributed by atoms with van der Waals surface area (Å²) in [6, 6.07) is 69.3. The molecular weight excluding hydrogens is 641 g/mol. The molecular formula is C51H36N2. The van der Waals surface area contributed by atoms with E-state index in [1.165, 1.54) is 93.9 Å². The van der Waals surface area contributed by atoms with E-state index in [1.807, 2.05) is 0 Å². The summed E-state index contributed by atoms with van der Waals surface area (Å²) >= 11 is 0. The first-order chi connectivity index (χ1) is 26.3. The predicted octanol–water partition coefficient (Wildman–Crippen LogP) is 13.3. The highest BCUT2D eigenvalue weighted by Crippen LogP contribution is 2.52. The number of aryl methyl sites for hydroxylation is 1. The van der Waals surface area contributed by atoms with Crippen molar-refractivity contribution in [2.75, 3.05) is 0 Å². The molecule has 2 nitrogen and oxygen atoms in total. The smallest absolute Gasteiger partial charge is 0.0544 e. The van der Waals surface area contributed by atoms with Gasteiger partial charge in [-0.05, 0) is 100 Å². The Morgan fingerprint density at radius 3 is 1.62 bits per heavy atom. The molecule has 11 rings (SSSR count). The summed E-state index contributed by atoms with van der Waals surface area (Å²) in [7, 11) is 0. The molecule has 53 heavy (non-hydrogen) atoms. The molecule has 0 bridgehead atoms. The van der Waals surface area contributed by atoms with Gasteiger partial charge in [0.05, 0.1) is 22.1 Å². The molecule has 2 heteroatoms.